The minimum atomic E-state index is -0.706. The predicted octanol–water partition coefficient (Wildman–Crippen LogP) is 2.75. The molecule has 1 aliphatic heterocycles. The second kappa shape index (κ2) is 7.37. The molecule has 1 aliphatic carbocycles. The Balaban J connectivity index is 1.73. The molecule has 1 aromatic carbocycles. The summed E-state index contributed by atoms with van der Waals surface area (Å²) in [4.78, 5) is 23.8. The van der Waals surface area contributed by atoms with Crippen LogP contribution in [0.2, 0.25) is 0 Å². The van der Waals surface area contributed by atoms with Crippen LogP contribution in [0.25, 0.3) is 0 Å². The lowest BCUT2D eigenvalue weighted by atomic mass is 9.94. The summed E-state index contributed by atoms with van der Waals surface area (Å²) in [6.45, 7) is 1.75. The van der Waals surface area contributed by atoms with Gasteiger partial charge in [0.15, 0.2) is 0 Å². The van der Waals surface area contributed by atoms with E-state index in [-0.39, 0.29) is 11.8 Å². The number of nitro benzene ring substituents is 1. The molecule has 2 aromatic rings. The van der Waals surface area contributed by atoms with Gasteiger partial charge in [0.25, 0.3) is 5.69 Å². The fourth-order valence-electron chi connectivity index (χ4n) is 3.79. The van der Waals surface area contributed by atoms with Crippen LogP contribution in [0.15, 0.2) is 35.5 Å². The molecule has 2 heterocycles. The first-order valence-electron chi connectivity index (χ1n) is 9.25. The number of nitrogens with zero attached hydrogens (tertiary/aromatic N) is 5. The van der Waals surface area contributed by atoms with Crippen LogP contribution >= 0.6 is 0 Å². The molecular formula is C18H20N6O4. The van der Waals surface area contributed by atoms with Gasteiger partial charge in [0, 0.05) is 17.8 Å². The molecule has 28 heavy (non-hydrogen) atoms. The highest BCUT2D eigenvalue weighted by Gasteiger charge is 2.36. The van der Waals surface area contributed by atoms with Crippen molar-refractivity contribution in [3.05, 3.63) is 51.2 Å². The molecule has 0 saturated heterocycles. The summed E-state index contributed by atoms with van der Waals surface area (Å²) < 4.78 is 7.22. The average molecular weight is 384 g/mol. The van der Waals surface area contributed by atoms with E-state index in [2.05, 4.69) is 20.8 Å². The number of carbonyl (C=O) groups excluding carboxylic acids is 1. The van der Waals surface area contributed by atoms with Crippen LogP contribution in [0.1, 0.15) is 50.6 Å². The molecule has 1 unspecified atom stereocenters. The van der Waals surface area contributed by atoms with Gasteiger partial charge in [-0.05, 0) is 48.6 Å². The number of benzene rings is 1. The van der Waals surface area contributed by atoms with Crippen molar-refractivity contribution >= 4 is 17.6 Å². The molecule has 0 radical (unpaired) electrons. The maximum absolute atomic E-state index is 13.1. The van der Waals surface area contributed by atoms with Crippen molar-refractivity contribution in [2.24, 2.45) is 0 Å². The number of esters is 1. The van der Waals surface area contributed by atoms with Crippen LogP contribution in [0, 0.1) is 10.1 Å². The molecule has 4 rings (SSSR count). The van der Waals surface area contributed by atoms with Gasteiger partial charge in [0.1, 0.15) is 12.1 Å². The SMILES string of the molecule is CC1=C(C(=O)OC2CCCCC2)C(c2cccc([N+](=O)[O-])c2)n2nnnc2N1. The van der Waals surface area contributed by atoms with Crippen LogP contribution < -0.4 is 5.32 Å². The van der Waals surface area contributed by atoms with Crippen LogP contribution in [0.3, 0.4) is 0 Å². The minimum Gasteiger partial charge on any atom is -0.459 e. The maximum Gasteiger partial charge on any atom is 0.338 e. The third-order valence-electron chi connectivity index (χ3n) is 5.16. The van der Waals surface area contributed by atoms with Gasteiger partial charge in [0.2, 0.25) is 5.95 Å². The van der Waals surface area contributed by atoms with E-state index in [1.54, 1.807) is 19.1 Å². The van der Waals surface area contributed by atoms with E-state index in [1.165, 1.54) is 16.8 Å². The molecule has 1 atom stereocenters. The van der Waals surface area contributed by atoms with Gasteiger partial charge < -0.3 is 10.1 Å². The molecule has 0 bridgehead atoms. The lowest BCUT2D eigenvalue weighted by molar-refractivity contribution is -0.384. The number of tetrazole rings is 1. The first kappa shape index (κ1) is 18.1. The molecule has 0 spiro atoms. The monoisotopic (exact) mass is 384 g/mol. The number of ether oxygens (including phenoxy) is 1. The van der Waals surface area contributed by atoms with Crippen LogP contribution in [-0.4, -0.2) is 37.2 Å². The Morgan fingerprint density at radius 2 is 2.11 bits per heavy atom. The first-order valence-corrected chi connectivity index (χ1v) is 9.25. The second-order valence-corrected chi connectivity index (χ2v) is 7.03. The Morgan fingerprint density at radius 3 is 2.86 bits per heavy atom. The van der Waals surface area contributed by atoms with Crippen molar-refractivity contribution in [1.29, 1.82) is 0 Å². The Bertz CT molecular complexity index is 947. The molecule has 1 aromatic heterocycles. The largest absolute Gasteiger partial charge is 0.459 e. The molecule has 1 N–H and O–H groups in total. The number of hydrogen-bond acceptors (Lipinski definition) is 8. The number of aromatic nitrogens is 4. The first-order chi connectivity index (χ1) is 13.5. The van der Waals surface area contributed by atoms with Gasteiger partial charge in [-0.2, -0.15) is 4.68 Å². The van der Waals surface area contributed by atoms with Crippen molar-refractivity contribution in [2.45, 2.75) is 51.2 Å². The molecule has 0 amide bonds. The number of fused-ring (bicyclic) bond motifs is 1. The number of anilines is 1. The van der Waals surface area contributed by atoms with Gasteiger partial charge in [-0.25, -0.2) is 4.79 Å². The Kier molecular flexibility index (Phi) is 4.76. The van der Waals surface area contributed by atoms with E-state index in [4.69, 9.17) is 4.74 Å². The fourth-order valence-corrected chi connectivity index (χ4v) is 3.79. The number of hydrogen-bond donors (Lipinski definition) is 1. The molecule has 1 saturated carbocycles. The van der Waals surface area contributed by atoms with Crippen molar-refractivity contribution in [1.82, 2.24) is 20.2 Å². The summed E-state index contributed by atoms with van der Waals surface area (Å²) in [5.74, 6) is -0.0854. The zero-order valence-corrected chi connectivity index (χ0v) is 15.4. The van der Waals surface area contributed by atoms with Crippen molar-refractivity contribution in [3.8, 4) is 0 Å². The van der Waals surface area contributed by atoms with Gasteiger partial charge in [0.05, 0.1) is 10.5 Å². The number of nitrogens with one attached hydrogen (secondary N) is 1. The Morgan fingerprint density at radius 1 is 1.32 bits per heavy atom. The highest BCUT2D eigenvalue weighted by molar-refractivity contribution is 5.92. The third-order valence-corrected chi connectivity index (χ3v) is 5.16. The number of rotatable bonds is 4. The van der Waals surface area contributed by atoms with Gasteiger partial charge in [-0.15, -0.1) is 0 Å². The predicted molar refractivity (Wildman–Crippen MR) is 98.3 cm³/mol. The summed E-state index contributed by atoms with van der Waals surface area (Å²) in [6, 6.07) is 5.43. The normalized spacial score (nSPS) is 19.7. The molecule has 146 valence electrons. The quantitative estimate of drug-likeness (QED) is 0.484. The summed E-state index contributed by atoms with van der Waals surface area (Å²) in [5.41, 5.74) is 1.40. The minimum absolute atomic E-state index is 0.0664. The maximum atomic E-state index is 13.1. The summed E-state index contributed by atoms with van der Waals surface area (Å²) in [5, 5.41) is 25.8. The van der Waals surface area contributed by atoms with E-state index in [0.29, 0.717) is 22.8 Å². The van der Waals surface area contributed by atoms with Gasteiger partial charge in [-0.1, -0.05) is 23.7 Å². The van der Waals surface area contributed by atoms with Crippen molar-refractivity contribution in [3.63, 3.8) is 0 Å². The standard InChI is InChI=1S/C18H20N6O4/c1-11-15(17(25)28-14-8-3-2-4-9-14)16(23-18(19-11)20-21-22-23)12-6-5-7-13(10-12)24(26)27/h5-7,10,14,16H,2-4,8-9H2,1H3,(H,19,20,22). The number of allylic oxidation sites excluding steroid dienone is 1. The van der Waals surface area contributed by atoms with E-state index in [0.717, 1.165) is 32.1 Å². The molecule has 2 aliphatic rings. The van der Waals surface area contributed by atoms with E-state index >= 15 is 0 Å². The average Bonchev–Trinajstić information content (AvgIpc) is 3.15. The summed E-state index contributed by atoms with van der Waals surface area (Å²) in [6.07, 6.45) is 4.83. The highest BCUT2D eigenvalue weighted by Crippen LogP contribution is 2.36. The van der Waals surface area contributed by atoms with E-state index < -0.39 is 16.9 Å². The highest BCUT2D eigenvalue weighted by atomic mass is 16.6. The van der Waals surface area contributed by atoms with E-state index in [9.17, 15) is 14.9 Å². The molecule has 10 nitrogen and oxygen atoms in total. The van der Waals surface area contributed by atoms with Crippen molar-refractivity contribution in [2.75, 3.05) is 5.32 Å². The van der Waals surface area contributed by atoms with Crippen LogP contribution in [0.4, 0.5) is 11.6 Å². The number of non-ortho nitro benzene ring substituents is 1. The molecular weight excluding hydrogens is 364 g/mol. The Labute approximate surface area is 160 Å². The van der Waals surface area contributed by atoms with Crippen LogP contribution in [-0.2, 0) is 9.53 Å². The topological polar surface area (TPSA) is 125 Å². The summed E-state index contributed by atoms with van der Waals surface area (Å²) in [7, 11) is 0. The van der Waals surface area contributed by atoms with E-state index in [1.807, 2.05) is 0 Å². The fraction of sp³-hybridized carbons (Fsp3) is 0.444. The Hall–Kier alpha value is -3.30. The lowest BCUT2D eigenvalue weighted by Crippen LogP contribution is -2.32. The second-order valence-electron chi connectivity index (χ2n) is 7.03. The third kappa shape index (κ3) is 3.32. The van der Waals surface area contributed by atoms with Crippen molar-refractivity contribution < 1.29 is 14.5 Å². The van der Waals surface area contributed by atoms with Gasteiger partial charge >= 0.3 is 5.97 Å². The smallest absolute Gasteiger partial charge is 0.338 e. The zero-order valence-electron chi connectivity index (χ0n) is 15.4. The lowest BCUT2D eigenvalue weighted by Gasteiger charge is -2.29. The number of nitro groups is 1. The van der Waals surface area contributed by atoms with Gasteiger partial charge in [-0.3, -0.25) is 10.1 Å². The summed E-state index contributed by atoms with van der Waals surface area (Å²) >= 11 is 0. The molecule has 10 heteroatoms. The van der Waals surface area contributed by atoms with Crippen LogP contribution in [0.5, 0.6) is 0 Å². The number of carbonyl (C=O) groups is 1. The zero-order chi connectivity index (χ0) is 19.7. The molecule has 1 fully saturated rings.